The highest BCUT2D eigenvalue weighted by Crippen LogP contribution is 2.44. The molecule has 0 bridgehead atoms. The summed E-state index contributed by atoms with van der Waals surface area (Å²) in [5.74, 6) is -0.779. The number of rotatable bonds is 3. The highest BCUT2D eigenvalue weighted by molar-refractivity contribution is 7.08. The first-order chi connectivity index (χ1) is 12.6. The number of carbonyl (C=O) groups is 2. The largest absolute Gasteiger partial charge is 0.462 e. The number of hydrogen-bond acceptors (Lipinski definition) is 5. The lowest BCUT2D eigenvalue weighted by Gasteiger charge is -2.35. The Morgan fingerprint density at radius 2 is 2.00 bits per heavy atom. The van der Waals surface area contributed by atoms with E-state index in [4.69, 9.17) is 4.74 Å². The van der Waals surface area contributed by atoms with Gasteiger partial charge in [-0.25, -0.2) is 0 Å². The maximum Gasteiger partial charge on any atom is 0.315 e. The molecule has 0 aromatic carbocycles. The van der Waals surface area contributed by atoms with Crippen LogP contribution >= 0.6 is 11.3 Å². The SMILES string of the molecule is CC1=NC2=C(C(=O)CCC2)[C@@H](c2ccsc2)C1C(=O)OC1CCCCC1. The van der Waals surface area contributed by atoms with E-state index in [1.165, 1.54) is 6.42 Å². The molecule has 1 saturated carbocycles. The maximum atomic E-state index is 13.1. The molecule has 0 spiro atoms. The molecule has 0 N–H and O–H groups in total. The normalized spacial score (nSPS) is 27.1. The van der Waals surface area contributed by atoms with E-state index >= 15 is 0 Å². The number of Topliss-reactive ketones (excluding diaryl/α,β-unsaturated/α-hetero) is 1. The zero-order chi connectivity index (χ0) is 18.1. The minimum absolute atomic E-state index is 0.0182. The first-order valence-electron chi connectivity index (χ1n) is 9.69. The molecule has 138 valence electrons. The number of ether oxygens (including phenoxy) is 1. The summed E-state index contributed by atoms with van der Waals surface area (Å²) >= 11 is 1.60. The third-order valence-corrected chi connectivity index (χ3v) is 6.53. The minimum Gasteiger partial charge on any atom is -0.462 e. The molecule has 5 heteroatoms. The van der Waals surface area contributed by atoms with Gasteiger partial charge in [-0.05, 0) is 67.8 Å². The van der Waals surface area contributed by atoms with Gasteiger partial charge in [0, 0.05) is 29.3 Å². The number of ketones is 1. The van der Waals surface area contributed by atoms with Crippen LogP contribution in [-0.4, -0.2) is 23.6 Å². The average Bonchev–Trinajstić information content (AvgIpc) is 3.16. The first kappa shape index (κ1) is 17.7. The smallest absolute Gasteiger partial charge is 0.315 e. The number of nitrogens with zero attached hydrogens (tertiary/aromatic N) is 1. The van der Waals surface area contributed by atoms with Crippen molar-refractivity contribution >= 4 is 28.8 Å². The Hall–Kier alpha value is -1.75. The van der Waals surface area contributed by atoms with Gasteiger partial charge in [-0.3, -0.25) is 14.6 Å². The van der Waals surface area contributed by atoms with E-state index in [0.29, 0.717) is 6.42 Å². The van der Waals surface area contributed by atoms with Crippen molar-refractivity contribution in [2.45, 2.75) is 70.3 Å². The van der Waals surface area contributed by atoms with Gasteiger partial charge >= 0.3 is 5.97 Å². The fourth-order valence-corrected chi connectivity index (χ4v) is 5.24. The van der Waals surface area contributed by atoms with Crippen LogP contribution in [0.25, 0.3) is 0 Å². The lowest BCUT2D eigenvalue weighted by Crippen LogP contribution is -2.38. The molecule has 2 aliphatic carbocycles. The van der Waals surface area contributed by atoms with E-state index in [0.717, 1.165) is 61.1 Å². The van der Waals surface area contributed by atoms with Gasteiger partial charge in [-0.15, -0.1) is 0 Å². The minimum atomic E-state index is -0.479. The zero-order valence-electron chi connectivity index (χ0n) is 15.2. The van der Waals surface area contributed by atoms with Gasteiger partial charge in [-0.1, -0.05) is 6.42 Å². The van der Waals surface area contributed by atoms with E-state index in [1.807, 2.05) is 18.4 Å². The summed E-state index contributed by atoms with van der Waals surface area (Å²) < 4.78 is 5.89. The van der Waals surface area contributed by atoms with Crippen LogP contribution in [0.5, 0.6) is 0 Å². The van der Waals surface area contributed by atoms with Crippen LogP contribution in [0.3, 0.4) is 0 Å². The van der Waals surface area contributed by atoms with Crippen LogP contribution in [-0.2, 0) is 14.3 Å². The lowest BCUT2D eigenvalue weighted by atomic mass is 9.72. The molecule has 4 rings (SSSR count). The second kappa shape index (κ2) is 7.47. The van der Waals surface area contributed by atoms with Crippen LogP contribution in [0, 0.1) is 5.92 Å². The highest BCUT2D eigenvalue weighted by Gasteiger charge is 2.43. The maximum absolute atomic E-state index is 13.1. The molecule has 0 saturated heterocycles. The van der Waals surface area contributed by atoms with Gasteiger partial charge in [0.1, 0.15) is 12.0 Å². The van der Waals surface area contributed by atoms with Crippen molar-refractivity contribution in [3.8, 4) is 0 Å². The number of thiophene rings is 1. The first-order valence-corrected chi connectivity index (χ1v) is 10.6. The van der Waals surface area contributed by atoms with Gasteiger partial charge in [0.15, 0.2) is 5.78 Å². The Bertz CT molecular complexity index is 756. The summed E-state index contributed by atoms with van der Waals surface area (Å²) in [6.45, 7) is 1.91. The summed E-state index contributed by atoms with van der Waals surface area (Å²) in [6, 6.07) is 2.03. The molecule has 26 heavy (non-hydrogen) atoms. The molecule has 3 aliphatic rings. The standard InChI is InChI=1S/C21H25NO3S/c1-13-18(21(24)25-15-6-3-2-4-7-15)19(14-10-11-26-12-14)20-16(22-13)8-5-9-17(20)23/h10-12,15,18-19H,2-9H2,1H3/t18?,19-/m0/s1. The molecular weight excluding hydrogens is 346 g/mol. The Balaban J connectivity index is 1.68. The van der Waals surface area contributed by atoms with Crippen LogP contribution in [0.15, 0.2) is 33.1 Å². The number of carbonyl (C=O) groups excluding carboxylic acids is 2. The van der Waals surface area contributed by atoms with E-state index in [1.54, 1.807) is 11.3 Å². The van der Waals surface area contributed by atoms with E-state index in [-0.39, 0.29) is 23.8 Å². The topological polar surface area (TPSA) is 55.7 Å². The van der Waals surface area contributed by atoms with Crippen molar-refractivity contribution in [1.82, 2.24) is 0 Å². The van der Waals surface area contributed by atoms with Gasteiger partial charge in [0.25, 0.3) is 0 Å². The molecule has 0 radical (unpaired) electrons. The summed E-state index contributed by atoms with van der Waals surface area (Å²) in [6.07, 6.45) is 7.61. The molecule has 1 aromatic heterocycles. The summed E-state index contributed by atoms with van der Waals surface area (Å²) in [7, 11) is 0. The average molecular weight is 372 g/mol. The Morgan fingerprint density at radius 3 is 2.73 bits per heavy atom. The number of hydrogen-bond donors (Lipinski definition) is 0. The van der Waals surface area contributed by atoms with Crippen molar-refractivity contribution < 1.29 is 14.3 Å². The second-order valence-corrected chi connectivity index (χ2v) is 8.38. The third kappa shape index (κ3) is 3.29. The van der Waals surface area contributed by atoms with Crippen LogP contribution in [0.1, 0.15) is 69.8 Å². The fraction of sp³-hybridized carbons (Fsp3) is 0.571. The van der Waals surface area contributed by atoms with E-state index in [2.05, 4.69) is 10.4 Å². The Labute approximate surface area is 158 Å². The molecule has 2 atom stereocenters. The zero-order valence-corrected chi connectivity index (χ0v) is 16.0. The van der Waals surface area contributed by atoms with Crippen LogP contribution in [0.4, 0.5) is 0 Å². The van der Waals surface area contributed by atoms with Crippen LogP contribution in [0.2, 0.25) is 0 Å². The van der Waals surface area contributed by atoms with E-state index in [9.17, 15) is 9.59 Å². The van der Waals surface area contributed by atoms with Crippen molar-refractivity contribution in [2.24, 2.45) is 10.9 Å². The molecule has 0 amide bonds. The van der Waals surface area contributed by atoms with Gasteiger partial charge in [0.2, 0.25) is 0 Å². The number of aliphatic imine (C=N–C) groups is 1. The van der Waals surface area contributed by atoms with Crippen LogP contribution < -0.4 is 0 Å². The number of allylic oxidation sites excluding steroid dienone is 2. The van der Waals surface area contributed by atoms with Gasteiger partial charge in [0.05, 0.1) is 0 Å². The van der Waals surface area contributed by atoms with Crippen molar-refractivity contribution in [3.63, 3.8) is 0 Å². The third-order valence-electron chi connectivity index (χ3n) is 5.83. The quantitative estimate of drug-likeness (QED) is 0.717. The molecular formula is C21H25NO3S. The molecule has 4 nitrogen and oxygen atoms in total. The van der Waals surface area contributed by atoms with Gasteiger partial charge < -0.3 is 4.74 Å². The van der Waals surface area contributed by atoms with Gasteiger partial charge in [-0.2, -0.15) is 11.3 Å². The molecule has 1 fully saturated rings. The van der Waals surface area contributed by atoms with Crippen molar-refractivity contribution in [1.29, 1.82) is 0 Å². The molecule has 1 aromatic rings. The summed E-state index contributed by atoms with van der Waals surface area (Å²) in [4.78, 5) is 30.5. The number of esters is 1. The summed E-state index contributed by atoms with van der Waals surface area (Å²) in [5.41, 5.74) is 3.47. The predicted molar refractivity (Wildman–Crippen MR) is 103 cm³/mol. The van der Waals surface area contributed by atoms with Crippen molar-refractivity contribution in [3.05, 3.63) is 33.7 Å². The highest BCUT2D eigenvalue weighted by atomic mass is 32.1. The second-order valence-electron chi connectivity index (χ2n) is 7.60. The Kier molecular flexibility index (Phi) is 5.07. The van der Waals surface area contributed by atoms with E-state index < -0.39 is 5.92 Å². The molecule has 1 aliphatic heterocycles. The predicted octanol–water partition coefficient (Wildman–Crippen LogP) is 4.81. The summed E-state index contributed by atoms with van der Waals surface area (Å²) in [5, 5.41) is 4.06. The molecule has 2 heterocycles. The lowest BCUT2D eigenvalue weighted by molar-refractivity contribution is -0.153. The monoisotopic (exact) mass is 371 g/mol. The van der Waals surface area contributed by atoms with Crippen molar-refractivity contribution in [2.75, 3.05) is 0 Å². The Morgan fingerprint density at radius 1 is 1.19 bits per heavy atom. The molecule has 1 unspecified atom stereocenters. The fourth-order valence-electron chi connectivity index (χ4n) is 4.54.